The van der Waals surface area contributed by atoms with E-state index in [1.807, 2.05) is 63.2 Å². The largest absolute Gasteiger partial charge is 0.488 e. The summed E-state index contributed by atoms with van der Waals surface area (Å²) in [6, 6.07) is 26.1. The Morgan fingerprint density at radius 1 is 0.750 bits per heavy atom. The molecule has 3 rings (SSSR count). The van der Waals surface area contributed by atoms with E-state index >= 15 is 0 Å². The van der Waals surface area contributed by atoms with E-state index in [1.165, 1.54) is 11.1 Å². The summed E-state index contributed by atoms with van der Waals surface area (Å²) in [5.41, 5.74) is 5.05. The van der Waals surface area contributed by atoms with Gasteiger partial charge >= 0.3 is 5.97 Å². The van der Waals surface area contributed by atoms with Crippen LogP contribution in [0.5, 0.6) is 11.5 Å². The Bertz CT molecular complexity index is 1140. The van der Waals surface area contributed by atoms with Gasteiger partial charge in [-0.1, -0.05) is 61.5 Å². The van der Waals surface area contributed by atoms with Gasteiger partial charge in [-0.05, 0) is 79.3 Å². The van der Waals surface area contributed by atoms with E-state index in [4.69, 9.17) is 18.9 Å². The molecule has 0 aliphatic carbocycles. The van der Waals surface area contributed by atoms with Gasteiger partial charge in [-0.3, -0.25) is 4.79 Å². The monoisotopic (exact) mass is 488 g/mol. The average Bonchev–Trinajstić information content (AvgIpc) is 2.89. The van der Waals surface area contributed by atoms with E-state index < -0.39 is 11.7 Å². The first-order valence-electron chi connectivity index (χ1n) is 12.2. The lowest BCUT2D eigenvalue weighted by molar-refractivity contribution is -0.143. The van der Waals surface area contributed by atoms with Crippen molar-refractivity contribution in [3.63, 3.8) is 0 Å². The Morgan fingerprint density at radius 2 is 1.28 bits per heavy atom. The predicted octanol–water partition coefficient (Wildman–Crippen LogP) is 7.00. The second-order valence-electron chi connectivity index (χ2n) is 9.47. The van der Waals surface area contributed by atoms with Crippen molar-refractivity contribution < 1.29 is 23.7 Å². The molecule has 0 fully saturated rings. The lowest BCUT2D eigenvalue weighted by Gasteiger charge is -2.19. The third-order valence-corrected chi connectivity index (χ3v) is 5.80. The Balaban J connectivity index is 1.99. The standard InChI is InChI=1S/C31H36O5/c1-7-27(22-11-9-8-10-12-22)29(23-13-17-25(18-14-23)35-21-28(33-5)34-6)24-15-19-26(20-16-24)36-30(32)31(2,3)4/h8-20,28H,7,21H2,1-6H3. The van der Waals surface area contributed by atoms with Crippen molar-refractivity contribution in [3.05, 3.63) is 95.6 Å². The number of allylic oxidation sites excluding steroid dienone is 1. The van der Waals surface area contributed by atoms with Gasteiger partial charge < -0.3 is 18.9 Å². The number of ether oxygens (including phenoxy) is 4. The van der Waals surface area contributed by atoms with Crippen LogP contribution in [0.1, 0.15) is 50.8 Å². The second kappa shape index (κ2) is 12.5. The molecule has 0 aromatic heterocycles. The van der Waals surface area contributed by atoms with Gasteiger partial charge in [0.2, 0.25) is 0 Å². The van der Waals surface area contributed by atoms with Crippen molar-refractivity contribution in [3.8, 4) is 11.5 Å². The molecule has 0 unspecified atom stereocenters. The first-order chi connectivity index (χ1) is 17.3. The molecule has 3 aromatic carbocycles. The summed E-state index contributed by atoms with van der Waals surface area (Å²) in [5.74, 6) is 1.01. The fourth-order valence-electron chi connectivity index (χ4n) is 3.74. The number of carbonyl (C=O) groups excluding carboxylic acids is 1. The van der Waals surface area contributed by atoms with Gasteiger partial charge in [0.1, 0.15) is 18.1 Å². The van der Waals surface area contributed by atoms with E-state index in [0.717, 1.165) is 28.9 Å². The molecule has 0 saturated heterocycles. The van der Waals surface area contributed by atoms with E-state index in [1.54, 1.807) is 14.2 Å². The molecule has 3 aromatic rings. The summed E-state index contributed by atoms with van der Waals surface area (Å²) < 4.78 is 21.8. The van der Waals surface area contributed by atoms with Crippen LogP contribution in [-0.2, 0) is 14.3 Å². The molecule has 0 aliphatic heterocycles. The number of carbonyl (C=O) groups is 1. The third kappa shape index (κ3) is 7.06. The highest BCUT2D eigenvalue weighted by molar-refractivity contribution is 5.98. The van der Waals surface area contributed by atoms with Crippen LogP contribution in [-0.4, -0.2) is 33.1 Å². The van der Waals surface area contributed by atoms with Gasteiger partial charge in [0, 0.05) is 14.2 Å². The van der Waals surface area contributed by atoms with Crippen molar-refractivity contribution in [1.29, 1.82) is 0 Å². The van der Waals surface area contributed by atoms with Gasteiger partial charge in [-0.25, -0.2) is 0 Å². The van der Waals surface area contributed by atoms with Crippen LogP contribution in [0.15, 0.2) is 78.9 Å². The first kappa shape index (κ1) is 27.2. The zero-order chi connectivity index (χ0) is 26.1. The average molecular weight is 489 g/mol. The first-order valence-corrected chi connectivity index (χ1v) is 12.2. The molecule has 36 heavy (non-hydrogen) atoms. The molecule has 0 radical (unpaired) electrons. The molecule has 0 aliphatic rings. The molecule has 5 heteroatoms. The van der Waals surface area contributed by atoms with Crippen LogP contribution >= 0.6 is 0 Å². The van der Waals surface area contributed by atoms with E-state index in [2.05, 4.69) is 43.3 Å². The fraction of sp³-hybridized carbons (Fsp3) is 0.323. The maximum Gasteiger partial charge on any atom is 0.316 e. The fourth-order valence-corrected chi connectivity index (χ4v) is 3.74. The maximum absolute atomic E-state index is 12.3. The summed E-state index contributed by atoms with van der Waals surface area (Å²) in [5, 5.41) is 0. The van der Waals surface area contributed by atoms with E-state index in [0.29, 0.717) is 12.4 Å². The lowest BCUT2D eigenvalue weighted by Crippen LogP contribution is -2.25. The Kier molecular flexibility index (Phi) is 9.45. The minimum atomic E-state index is -0.567. The Morgan fingerprint density at radius 3 is 1.75 bits per heavy atom. The molecule has 0 saturated carbocycles. The zero-order valence-electron chi connectivity index (χ0n) is 22.0. The number of hydrogen-bond donors (Lipinski definition) is 0. The van der Waals surface area contributed by atoms with Crippen LogP contribution in [0.4, 0.5) is 0 Å². The summed E-state index contributed by atoms with van der Waals surface area (Å²) >= 11 is 0. The van der Waals surface area contributed by atoms with Gasteiger partial charge in [-0.2, -0.15) is 0 Å². The van der Waals surface area contributed by atoms with E-state index in [9.17, 15) is 4.79 Å². The number of methoxy groups -OCH3 is 2. The minimum Gasteiger partial charge on any atom is -0.488 e. The van der Waals surface area contributed by atoms with Crippen LogP contribution in [0, 0.1) is 5.41 Å². The molecule has 0 heterocycles. The lowest BCUT2D eigenvalue weighted by atomic mass is 9.88. The van der Waals surface area contributed by atoms with Crippen LogP contribution in [0.25, 0.3) is 11.1 Å². The molecular weight excluding hydrogens is 452 g/mol. The van der Waals surface area contributed by atoms with Crippen molar-refractivity contribution in [1.82, 2.24) is 0 Å². The van der Waals surface area contributed by atoms with Crippen LogP contribution in [0.2, 0.25) is 0 Å². The quantitative estimate of drug-likeness (QED) is 0.133. The number of rotatable bonds is 10. The van der Waals surface area contributed by atoms with Crippen molar-refractivity contribution in [2.24, 2.45) is 5.41 Å². The predicted molar refractivity (Wildman–Crippen MR) is 144 cm³/mol. The molecule has 190 valence electrons. The summed E-state index contributed by atoms with van der Waals surface area (Å²) in [6.45, 7) is 7.99. The van der Waals surface area contributed by atoms with Gasteiger partial charge in [0.15, 0.2) is 6.29 Å². The van der Waals surface area contributed by atoms with Gasteiger partial charge in [0.05, 0.1) is 5.41 Å². The normalized spacial score (nSPS) is 12.3. The molecule has 0 bridgehead atoms. The van der Waals surface area contributed by atoms with Crippen LogP contribution < -0.4 is 9.47 Å². The minimum absolute atomic E-state index is 0.260. The molecule has 5 nitrogen and oxygen atoms in total. The van der Waals surface area contributed by atoms with Crippen molar-refractivity contribution in [2.45, 2.75) is 40.4 Å². The number of esters is 1. The Hall–Kier alpha value is -3.41. The summed E-state index contributed by atoms with van der Waals surface area (Å²) in [6.07, 6.45) is 0.428. The highest BCUT2D eigenvalue weighted by Crippen LogP contribution is 2.36. The zero-order valence-corrected chi connectivity index (χ0v) is 22.0. The topological polar surface area (TPSA) is 54.0 Å². The second-order valence-corrected chi connectivity index (χ2v) is 9.47. The molecule has 0 N–H and O–H groups in total. The van der Waals surface area contributed by atoms with Crippen molar-refractivity contribution in [2.75, 3.05) is 20.8 Å². The highest BCUT2D eigenvalue weighted by atomic mass is 16.7. The molecule has 0 amide bonds. The molecular formula is C31H36O5. The smallest absolute Gasteiger partial charge is 0.316 e. The van der Waals surface area contributed by atoms with Crippen molar-refractivity contribution >= 4 is 17.1 Å². The SMILES string of the molecule is CCC(=C(c1ccc(OCC(OC)OC)cc1)c1ccc(OC(=O)C(C)(C)C)cc1)c1ccccc1. The van der Waals surface area contributed by atoms with E-state index in [-0.39, 0.29) is 5.97 Å². The number of hydrogen-bond acceptors (Lipinski definition) is 5. The maximum atomic E-state index is 12.3. The summed E-state index contributed by atoms with van der Waals surface area (Å²) in [4.78, 5) is 12.3. The van der Waals surface area contributed by atoms with Gasteiger partial charge in [0.25, 0.3) is 0 Å². The molecule has 0 spiro atoms. The van der Waals surface area contributed by atoms with Crippen LogP contribution in [0.3, 0.4) is 0 Å². The number of benzene rings is 3. The van der Waals surface area contributed by atoms with Gasteiger partial charge in [-0.15, -0.1) is 0 Å². The third-order valence-electron chi connectivity index (χ3n) is 5.80. The summed E-state index contributed by atoms with van der Waals surface area (Å²) in [7, 11) is 3.17. The highest BCUT2D eigenvalue weighted by Gasteiger charge is 2.24. The Labute approximate surface area is 214 Å². The molecule has 0 atom stereocenters.